The van der Waals surface area contributed by atoms with Crippen molar-refractivity contribution >= 4 is 58.3 Å². The number of hydrogen-bond donors (Lipinski definition) is 1. The normalized spacial score (nSPS) is 14.0. The molecule has 0 bridgehead atoms. The summed E-state index contributed by atoms with van der Waals surface area (Å²) in [7, 11) is 0. The third-order valence-electron chi connectivity index (χ3n) is 1.60. The Morgan fingerprint density at radius 2 is 1.75 bits per heavy atom. The molecule has 6 heteroatoms. The van der Waals surface area contributed by atoms with Gasteiger partial charge in [-0.05, 0) is 11.6 Å². The largest absolute Gasteiger partial charge is 0.384 e. The number of amidine groups is 1. The van der Waals surface area contributed by atoms with Crippen LogP contribution >= 0.6 is 46.4 Å². The lowest BCUT2D eigenvalue weighted by Gasteiger charge is -2.08. The minimum atomic E-state index is -1.75. The van der Waals surface area contributed by atoms with Gasteiger partial charge in [-0.3, -0.25) is 0 Å². The smallest absolute Gasteiger partial charge is 0.247 e. The maximum Gasteiger partial charge on any atom is 0.247 e. The maximum atomic E-state index is 5.83. The van der Waals surface area contributed by atoms with Gasteiger partial charge in [0.1, 0.15) is 5.16 Å². The Hall–Kier alpha value is -0.410. The van der Waals surface area contributed by atoms with Crippen LogP contribution in [-0.4, -0.2) is 9.63 Å². The van der Waals surface area contributed by atoms with Crippen LogP contribution < -0.4 is 5.73 Å². The SMILES string of the molecule is N/C(=N/C(Cl)=C\c1ccccc1)C(Cl)(Cl)Cl. The van der Waals surface area contributed by atoms with E-state index in [0.29, 0.717) is 0 Å². The van der Waals surface area contributed by atoms with E-state index in [2.05, 4.69) is 4.99 Å². The van der Waals surface area contributed by atoms with Gasteiger partial charge in [-0.1, -0.05) is 76.7 Å². The van der Waals surface area contributed by atoms with Crippen molar-refractivity contribution in [2.75, 3.05) is 0 Å². The summed E-state index contributed by atoms with van der Waals surface area (Å²) in [5.74, 6) is -0.172. The standard InChI is InChI=1S/C10H8Cl4N2/c11-8(16-9(15)10(12,13)14)6-7-4-2-1-3-5-7/h1-6H,(H2,15,16)/b8-6-. The molecule has 86 valence electrons. The van der Waals surface area contributed by atoms with Crippen molar-refractivity contribution in [2.45, 2.75) is 3.79 Å². The van der Waals surface area contributed by atoms with E-state index in [-0.39, 0.29) is 11.0 Å². The van der Waals surface area contributed by atoms with Gasteiger partial charge in [0.15, 0.2) is 5.84 Å². The Morgan fingerprint density at radius 3 is 2.25 bits per heavy atom. The summed E-state index contributed by atoms with van der Waals surface area (Å²) in [6, 6.07) is 9.37. The molecule has 1 rings (SSSR count). The van der Waals surface area contributed by atoms with E-state index in [1.807, 2.05) is 30.3 Å². The Morgan fingerprint density at radius 1 is 1.19 bits per heavy atom. The highest BCUT2D eigenvalue weighted by Crippen LogP contribution is 2.27. The van der Waals surface area contributed by atoms with Gasteiger partial charge >= 0.3 is 0 Å². The van der Waals surface area contributed by atoms with E-state index in [1.165, 1.54) is 0 Å². The van der Waals surface area contributed by atoms with Crippen LogP contribution in [0.4, 0.5) is 0 Å². The Kier molecular flexibility index (Phi) is 4.93. The molecule has 0 saturated carbocycles. The fourth-order valence-corrected chi connectivity index (χ4v) is 1.24. The minimum Gasteiger partial charge on any atom is -0.384 e. The molecule has 0 spiro atoms. The van der Waals surface area contributed by atoms with Crippen LogP contribution in [0.15, 0.2) is 40.5 Å². The van der Waals surface area contributed by atoms with Crippen molar-refractivity contribution in [3.63, 3.8) is 0 Å². The number of benzene rings is 1. The molecule has 2 N–H and O–H groups in total. The fourth-order valence-electron chi connectivity index (χ4n) is 0.898. The van der Waals surface area contributed by atoms with Gasteiger partial charge in [0.05, 0.1) is 0 Å². The number of nitrogens with two attached hydrogens (primary N) is 1. The molecule has 0 aliphatic carbocycles. The van der Waals surface area contributed by atoms with Gasteiger partial charge in [0.2, 0.25) is 3.79 Å². The molecule has 1 aromatic carbocycles. The second kappa shape index (κ2) is 5.78. The molecule has 0 atom stereocenters. The Labute approximate surface area is 114 Å². The van der Waals surface area contributed by atoms with Gasteiger partial charge < -0.3 is 5.73 Å². The summed E-state index contributed by atoms with van der Waals surface area (Å²) in [6.07, 6.45) is 1.62. The zero-order valence-corrected chi connectivity index (χ0v) is 11.0. The number of hydrogen-bond acceptors (Lipinski definition) is 1. The molecule has 0 aliphatic rings. The highest BCUT2D eigenvalue weighted by atomic mass is 35.6. The molecule has 2 nitrogen and oxygen atoms in total. The lowest BCUT2D eigenvalue weighted by molar-refractivity contribution is 1.37. The number of rotatable bonds is 2. The van der Waals surface area contributed by atoms with E-state index in [0.717, 1.165) is 5.56 Å². The van der Waals surface area contributed by atoms with Crippen molar-refractivity contribution in [2.24, 2.45) is 10.7 Å². The number of alkyl halides is 3. The van der Waals surface area contributed by atoms with Crippen LogP contribution in [0.25, 0.3) is 6.08 Å². The third-order valence-corrected chi connectivity index (χ3v) is 2.38. The van der Waals surface area contributed by atoms with E-state index >= 15 is 0 Å². The van der Waals surface area contributed by atoms with Crippen molar-refractivity contribution in [1.29, 1.82) is 0 Å². The molecule has 0 amide bonds. The van der Waals surface area contributed by atoms with Crippen LogP contribution in [0.1, 0.15) is 5.56 Å². The average Bonchev–Trinajstić information content (AvgIpc) is 2.17. The third kappa shape index (κ3) is 4.62. The molecule has 0 aromatic heterocycles. The molecule has 0 fully saturated rings. The second-order valence-corrected chi connectivity index (χ2v) is 5.54. The predicted molar refractivity (Wildman–Crippen MR) is 72.2 cm³/mol. The lowest BCUT2D eigenvalue weighted by Crippen LogP contribution is -2.28. The van der Waals surface area contributed by atoms with Gasteiger partial charge in [-0.25, -0.2) is 4.99 Å². The first-order valence-corrected chi connectivity index (χ1v) is 5.74. The van der Waals surface area contributed by atoms with Gasteiger partial charge in [0, 0.05) is 0 Å². The summed E-state index contributed by atoms with van der Waals surface area (Å²) in [6.45, 7) is 0. The summed E-state index contributed by atoms with van der Waals surface area (Å²) in [4.78, 5) is 3.77. The molecule has 0 unspecified atom stereocenters. The topological polar surface area (TPSA) is 38.4 Å². The van der Waals surface area contributed by atoms with Crippen LogP contribution in [-0.2, 0) is 0 Å². The fraction of sp³-hybridized carbons (Fsp3) is 0.100. The van der Waals surface area contributed by atoms with Gasteiger partial charge in [0.25, 0.3) is 0 Å². The van der Waals surface area contributed by atoms with E-state index in [4.69, 9.17) is 52.1 Å². The maximum absolute atomic E-state index is 5.83. The zero-order valence-electron chi connectivity index (χ0n) is 8.00. The van der Waals surface area contributed by atoms with Crippen LogP contribution in [0.3, 0.4) is 0 Å². The summed E-state index contributed by atoms with van der Waals surface area (Å²) in [5.41, 5.74) is 6.32. The average molecular weight is 298 g/mol. The molecule has 0 radical (unpaired) electrons. The molecule has 1 aromatic rings. The second-order valence-electron chi connectivity index (χ2n) is 2.87. The predicted octanol–water partition coefficient (Wildman–Crippen LogP) is 3.95. The van der Waals surface area contributed by atoms with Crippen LogP contribution in [0.2, 0.25) is 0 Å². The van der Waals surface area contributed by atoms with Gasteiger partial charge in [-0.2, -0.15) is 0 Å². The van der Waals surface area contributed by atoms with E-state index < -0.39 is 3.79 Å². The molecule has 0 aliphatic heterocycles. The molecular weight excluding hydrogens is 290 g/mol. The van der Waals surface area contributed by atoms with E-state index in [9.17, 15) is 0 Å². The summed E-state index contributed by atoms with van der Waals surface area (Å²) < 4.78 is -1.75. The monoisotopic (exact) mass is 296 g/mol. The van der Waals surface area contributed by atoms with Crippen LogP contribution in [0, 0.1) is 0 Å². The molecule has 0 saturated heterocycles. The first-order chi connectivity index (χ1) is 7.39. The Balaban J connectivity index is 2.88. The van der Waals surface area contributed by atoms with Crippen LogP contribution in [0.5, 0.6) is 0 Å². The first kappa shape index (κ1) is 13.7. The number of aliphatic imine (C=N–C) groups is 1. The highest BCUT2D eigenvalue weighted by molar-refractivity contribution is 6.76. The summed E-state index contributed by atoms with van der Waals surface area (Å²) >= 11 is 22.4. The van der Waals surface area contributed by atoms with Crippen molar-refractivity contribution in [1.82, 2.24) is 0 Å². The number of halogens is 4. The highest BCUT2D eigenvalue weighted by Gasteiger charge is 2.25. The van der Waals surface area contributed by atoms with Crippen molar-refractivity contribution in [3.05, 3.63) is 41.1 Å². The van der Waals surface area contributed by atoms with Crippen molar-refractivity contribution in [3.8, 4) is 0 Å². The number of nitrogens with zero attached hydrogens (tertiary/aromatic N) is 1. The molecular formula is C10H8Cl4N2. The lowest BCUT2D eigenvalue weighted by atomic mass is 10.2. The van der Waals surface area contributed by atoms with Gasteiger partial charge in [-0.15, -0.1) is 0 Å². The first-order valence-electron chi connectivity index (χ1n) is 4.23. The van der Waals surface area contributed by atoms with Crippen molar-refractivity contribution < 1.29 is 0 Å². The van der Waals surface area contributed by atoms with E-state index in [1.54, 1.807) is 6.08 Å². The zero-order chi connectivity index (χ0) is 12.2. The summed E-state index contributed by atoms with van der Waals surface area (Å²) in [5, 5.41) is 0.148. The Bertz CT molecular complexity index is 407. The molecule has 0 heterocycles. The quantitative estimate of drug-likeness (QED) is 0.382. The minimum absolute atomic E-state index is 0.148. The molecule has 16 heavy (non-hydrogen) atoms.